The van der Waals surface area contributed by atoms with E-state index in [1.807, 2.05) is 0 Å². The van der Waals surface area contributed by atoms with Crippen molar-refractivity contribution in [1.82, 2.24) is 4.98 Å². The van der Waals surface area contributed by atoms with Gasteiger partial charge in [0.15, 0.2) is 0 Å². The third kappa shape index (κ3) is 1.45. The van der Waals surface area contributed by atoms with Gasteiger partial charge in [-0.2, -0.15) is 0 Å². The van der Waals surface area contributed by atoms with Gasteiger partial charge in [0.25, 0.3) is 0 Å². The van der Waals surface area contributed by atoms with Gasteiger partial charge in [-0.05, 0) is 6.07 Å². The first kappa shape index (κ1) is 8.32. The van der Waals surface area contributed by atoms with Gasteiger partial charge in [-0.3, -0.25) is 0 Å². The maximum atomic E-state index is 10.9. The highest BCUT2D eigenvalue weighted by molar-refractivity contribution is 5.94. The predicted molar refractivity (Wildman–Crippen MR) is 41.7 cm³/mol. The van der Waals surface area contributed by atoms with Crippen LogP contribution in [0.4, 0.5) is 5.82 Å². The summed E-state index contributed by atoms with van der Waals surface area (Å²) in [5, 5.41) is 8.96. The van der Waals surface area contributed by atoms with Gasteiger partial charge in [-0.15, -0.1) is 0 Å². The number of pyridine rings is 1. The maximum absolute atomic E-state index is 10.9. The molecule has 0 aliphatic rings. The van der Waals surface area contributed by atoms with Crippen molar-refractivity contribution in [3.63, 3.8) is 0 Å². The molecule has 3 N–H and O–H groups in total. The number of esters is 1. The van der Waals surface area contributed by atoms with E-state index in [0.717, 1.165) is 6.20 Å². The lowest BCUT2D eigenvalue weighted by molar-refractivity contribution is 0.0601. The van der Waals surface area contributed by atoms with Crippen molar-refractivity contribution < 1.29 is 14.6 Å². The number of nitrogens with two attached hydrogens (primary N) is 1. The molecule has 64 valence electrons. The lowest BCUT2D eigenvalue weighted by Gasteiger charge is -2.01. The molecular weight excluding hydrogens is 160 g/mol. The normalized spacial score (nSPS) is 9.42. The van der Waals surface area contributed by atoms with Crippen molar-refractivity contribution in [3.05, 3.63) is 17.8 Å². The number of methoxy groups -OCH3 is 1. The van der Waals surface area contributed by atoms with Crippen LogP contribution in [0, 0.1) is 0 Å². The Hall–Kier alpha value is -1.78. The van der Waals surface area contributed by atoms with Crippen LogP contribution in [0.15, 0.2) is 12.3 Å². The second kappa shape index (κ2) is 3.08. The minimum atomic E-state index is -0.615. The molecule has 1 aromatic heterocycles. The van der Waals surface area contributed by atoms with Crippen LogP contribution in [0.3, 0.4) is 0 Å². The quantitative estimate of drug-likeness (QED) is 0.583. The second-order valence-electron chi connectivity index (χ2n) is 2.12. The molecule has 0 saturated heterocycles. The Morgan fingerprint density at radius 2 is 2.42 bits per heavy atom. The van der Waals surface area contributed by atoms with Crippen LogP contribution in [-0.4, -0.2) is 23.2 Å². The summed E-state index contributed by atoms with van der Waals surface area (Å²) in [6.45, 7) is 0. The van der Waals surface area contributed by atoms with Gasteiger partial charge < -0.3 is 15.6 Å². The minimum absolute atomic E-state index is 0.0413. The summed E-state index contributed by atoms with van der Waals surface area (Å²) in [6, 6.07) is 1.20. The monoisotopic (exact) mass is 168 g/mol. The Morgan fingerprint density at radius 3 is 3.00 bits per heavy atom. The molecule has 0 radical (unpaired) electrons. The summed E-state index contributed by atoms with van der Waals surface area (Å²) in [6.07, 6.45) is 1.15. The zero-order chi connectivity index (χ0) is 9.14. The van der Waals surface area contributed by atoms with E-state index in [1.54, 1.807) is 0 Å². The van der Waals surface area contributed by atoms with E-state index in [4.69, 9.17) is 10.8 Å². The van der Waals surface area contributed by atoms with Crippen molar-refractivity contribution in [2.24, 2.45) is 0 Å². The van der Waals surface area contributed by atoms with E-state index in [-0.39, 0.29) is 17.1 Å². The van der Waals surface area contributed by atoms with Crippen molar-refractivity contribution in [2.45, 2.75) is 0 Å². The molecule has 5 nitrogen and oxygen atoms in total. The van der Waals surface area contributed by atoms with Crippen molar-refractivity contribution >= 4 is 11.8 Å². The Kier molecular flexibility index (Phi) is 2.14. The third-order valence-corrected chi connectivity index (χ3v) is 1.31. The molecule has 1 aromatic rings. The van der Waals surface area contributed by atoms with E-state index < -0.39 is 5.97 Å². The maximum Gasteiger partial charge on any atom is 0.341 e. The smallest absolute Gasteiger partial charge is 0.341 e. The molecule has 0 aliphatic heterocycles. The molecule has 12 heavy (non-hydrogen) atoms. The first-order valence-electron chi connectivity index (χ1n) is 3.18. The number of ether oxygens (including phenoxy) is 1. The lowest BCUT2D eigenvalue weighted by Crippen LogP contribution is -2.06. The Balaban J connectivity index is 3.13. The fraction of sp³-hybridized carbons (Fsp3) is 0.143. The summed E-state index contributed by atoms with van der Waals surface area (Å²) in [4.78, 5) is 14.5. The summed E-state index contributed by atoms with van der Waals surface area (Å²) in [7, 11) is 1.23. The molecule has 0 amide bonds. The number of hydrogen-bond donors (Lipinski definition) is 2. The minimum Gasteiger partial charge on any atom is -0.506 e. The summed E-state index contributed by atoms with van der Waals surface area (Å²) >= 11 is 0. The molecule has 1 rings (SSSR count). The van der Waals surface area contributed by atoms with Crippen LogP contribution < -0.4 is 5.73 Å². The number of nitrogens with zero attached hydrogens (tertiary/aromatic N) is 1. The number of aromatic hydroxyl groups is 1. The van der Waals surface area contributed by atoms with Crippen LogP contribution in [0.25, 0.3) is 0 Å². The van der Waals surface area contributed by atoms with Crippen LogP contribution in [0.2, 0.25) is 0 Å². The Labute approximate surface area is 68.8 Å². The highest BCUT2D eigenvalue weighted by Gasteiger charge is 2.11. The van der Waals surface area contributed by atoms with Crippen LogP contribution in [0.5, 0.6) is 5.75 Å². The van der Waals surface area contributed by atoms with Crippen molar-refractivity contribution in [2.75, 3.05) is 12.8 Å². The molecule has 0 bridgehead atoms. The molecule has 0 spiro atoms. The van der Waals surface area contributed by atoms with Crippen LogP contribution in [-0.2, 0) is 4.74 Å². The summed E-state index contributed by atoms with van der Waals surface area (Å²) < 4.78 is 4.40. The molecule has 0 aromatic carbocycles. The van der Waals surface area contributed by atoms with Gasteiger partial charge in [0.1, 0.15) is 17.1 Å². The number of aromatic nitrogens is 1. The van der Waals surface area contributed by atoms with E-state index >= 15 is 0 Å². The molecule has 0 saturated carbocycles. The molecule has 1 heterocycles. The molecule has 0 fully saturated rings. The van der Waals surface area contributed by atoms with Gasteiger partial charge in [0.05, 0.1) is 13.3 Å². The molecule has 0 unspecified atom stereocenters. The van der Waals surface area contributed by atoms with Crippen molar-refractivity contribution in [3.8, 4) is 5.75 Å². The van der Waals surface area contributed by atoms with E-state index in [0.29, 0.717) is 0 Å². The largest absolute Gasteiger partial charge is 0.506 e. The molecule has 0 atom stereocenters. The highest BCUT2D eigenvalue weighted by atomic mass is 16.5. The summed E-state index contributed by atoms with van der Waals surface area (Å²) in [5.74, 6) is -0.694. The van der Waals surface area contributed by atoms with Gasteiger partial charge in [-0.1, -0.05) is 0 Å². The average Bonchev–Trinajstić information content (AvgIpc) is 2.08. The van der Waals surface area contributed by atoms with Crippen LogP contribution >= 0.6 is 0 Å². The fourth-order valence-electron chi connectivity index (χ4n) is 0.738. The standard InChI is InChI=1S/C7H8N2O3/c1-12-7(11)5-2-4(10)3-9-6(5)8/h2-3,10H,1H3,(H2,8,9). The zero-order valence-electron chi connectivity index (χ0n) is 6.44. The molecule has 5 heteroatoms. The first-order chi connectivity index (χ1) is 5.65. The molecule has 0 aliphatic carbocycles. The third-order valence-electron chi connectivity index (χ3n) is 1.31. The SMILES string of the molecule is COC(=O)c1cc(O)cnc1N. The van der Waals surface area contributed by atoms with E-state index in [1.165, 1.54) is 13.2 Å². The zero-order valence-corrected chi connectivity index (χ0v) is 6.44. The number of carbonyl (C=O) groups is 1. The lowest BCUT2D eigenvalue weighted by atomic mass is 10.2. The number of carbonyl (C=O) groups excluding carboxylic acids is 1. The van der Waals surface area contributed by atoms with Gasteiger partial charge in [0, 0.05) is 0 Å². The molecular formula is C7H8N2O3. The average molecular weight is 168 g/mol. The summed E-state index contributed by atoms with van der Waals surface area (Å²) in [5.41, 5.74) is 5.41. The topological polar surface area (TPSA) is 85.4 Å². The van der Waals surface area contributed by atoms with E-state index in [2.05, 4.69) is 9.72 Å². The Morgan fingerprint density at radius 1 is 1.75 bits per heavy atom. The van der Waals surface area contributed by atoms with Gasteiger partial charge >= 0.3 is 5.97 Å². The highest BCUT2D eigenvalue weighted by Crippen LogP contribution is 2.15. The fourth-order valence-corrected chi connectivity index (χ4v) is 0.738. The van der Waals surface area contributed by atoms with Crippen LogP contribution in [0.1, 0.15) is 10.4 Å². The number of rotatable bonds is 1. The number of anilines is 1. The van der Waals surface area contributed by atoms with Gasteiger partial charge in [0.2, 0.25) is 0 Å². The van der Waals surface area contributed by atoms with E-state index in [9.17, 15) is 4.79 Å². The number of nitrogen functional groups attached to an aromatic ring is 1. The second-order valence-corrected chi connectivity index (χ2v) is 2.12. The van der Waals surface area contributed by atoms with Crippen molar-refractivity contribution in [1.29, 1.82) is 0 Å². The first-order valence-corrected chi connectivity index (χ1v) is 3.18. The predicted octanol–water partition coefficient (Wildman–Crippen LogP) is 0.156. The Bertz CT molecular complexity index is 312. The van der Waals surface area contributed by atoms with Gasteiger partial charge in [-0.25, -0.2) is 9.78 Å². The number of hydrogen-bond acceptors (Lipinski definition) is 5.